The fraction of sp³-hybridized carbons (Fsp3) is 0.750. The molecule has 2 aliphatic rings. The highest BCUT2D eigenvalue weighted by molar-refractivity contribution is 5.92. The molecule has 1 aromatic rings. The van der Waals surface area contributed by atoms with Crippen molar-refractivity contribution in [1.29, 1.82) is 0 Å². The number of carbonyl (C=O) groups excluding carboxylic acids is 2. The van der Waals surface area contributed by atoms with Gasteiger partial charge in [0, 0.05) is 19.6 Å². The topological polar surface area (TPSA) is 115 Å². The molecular weight excluding hydrogens is 324 g/mol. The molecule has 25 heavy (non-hydrogen) atoms. The summed E-state index contributed by atoms with van der Waals surface area (Å²) in [5.74, 6) is -0.0457. The smallest absolute Gasteiger partial charge is 0.255 e. The van der Waals surface area contributed by atoms with Crippen LogP contribution in [0.25, 0.3) is 0 Å². The molecule has 0 bridgehead atoms. The Hall–Kier alpha value is -2.00. The third-order valence-electron chi connectivity index (χ3n) is 4.69. The first-order valence-corrected chi connectivity index (χ1v) is 8.99. The van der Waals surface area contributed by atoms with Crippen LogP contribution < -0.4 is 11.1 Å². The van der Waals surface area contributed by atoms with Gasteiger partial charge in [0.25, 0.3) is 5.91 Å². The number of nitrogens with two attached hydrogens (primary N) is 1. The first-order valence-electron chi connectivity index (χ1n) is 8.99. The molecule has 0 radical (unpaired) electrons. The Balaban J connectivity index is 1.50. The number of likely N-dealkylation sites (tertiary alicyclic amines) is 1. The van der Waals surface area contributed by atoms with Crippen molar-refractivity contribution in [2.45, 2.75) is 57.3 Å². The number of carbonyl (C=O) groups is 2. The molecule has 3 N–H and O–H groups in total. The van der Waals surface area contributed by atoms with E-state index in [1.54, 1.807) is 0 Å². The van der Waals surface area contributed by atoms with Crippen LogP contribution >= 0.6 is 0 Å². The van der Waals surface area contributed by atoms with Crippen LogP contribution in [0, 0.1) is 0 Å². The Morgan fingerprint density at radius 3 is 2.68 bits per heavy atom. The van der Waals surface area contributed by atoms with Gasteiger partial charge in [0.2, 0.25) is 11.9 Å². The van der Waals surface area contributed by atoms with Crippen molar-refractivity contribution in [1.82, 2.24) is 19.7 Å². The molecule has 2 amide bonds. The summed E-state index contributed by atoms with van der Waals surface area (Å²) in [4.78, 5) is 30.4. The van der Waals surface area contributed by atoms with Crippen molar-refractivity contribution in [3.05, 3.63) is 6.33 Å². The number of rotatable bonds is 5. The lowest BCUT2D eigenvalue weighted by Gasteiger charge is -2.19. The molecule has 0 spiro atoms. The van der Waals surface area contributed by atoms with Crippen LogP contribution in [0.5, 0.6) is 0 Å². The standard InChI is InChI=1S/C16H26N6O3/c17-9-12-5-6-13(25-12)15(24)19-16-18-11-22(20-16)10-14(23)21-7-3-1-2-4-8-21/h11-13H,1-10,17H2,(H,19,20,24)/t12-,13+/m1/s1. The Morgan fingerprint density at radius 1 is 1.24 bits per heavy atom. The molecule has 3 rings (SSSR count). The molecule has 9 heteroatoms. The zero-order valence-electron chi connectivity index (χ0n) is 14.4. The second-order valence-electron chi connectivity index (χ2n) is 6.61. The van der Waals surface area contributed by atoms with Crippen molar-refractivity contribution in [3.63, 3.8) is 0 Å². The normalized spacial score (nSPS) is 24.1. The van der Waals surface area contributed by atoms with Gasteiger partial charge in [-0.3, -0.25) is 14.9 Å². The number of nitrogens with zero attached hydrogens (tertiary/aromatic N) is 4. The first-order chi connectivity index (χ1) is 12.2. The lowest BCUT2D eigenvalue weighted by Crippen LogP contribution is -2.34. The second-order valence-corrected chi connectivity index (χ2v) is 6.61. The van der Waals surface area contributed by atoms with Crippen LogP contribution in [0.1, 0.15) is 38.5 Å². The molecule has 2 atom stereocenters. The lowest BCUT2D eigenvalue weighted by molar-refractivity contribution is -0.132. The average molecular weight is 350 g/mol. The van der Waals surface area contributed by atoms with Gasteiger partial charge >= 0.3 is 0 Å². The predicted molar refractivity (Wildman–Crippen MR) is 90.6 cm³/mol. The quantitative estimate of drug-likeness (QED) is 0.780. The van der Waals surface area contributed by atoms with E-state index < -0.39 is 6.10 Å². The van der Waals surface area contributed by atoms with Gasteiger partial charge in [-0.1, -0.05) is 12.8 Å². The van der Waals surface area contributed by atoms with E-state index in [0.717, 1.165) is 32.4 Å². The van der Waals surface area contributed by atoms with Crippen molar-refractivity contribution in [2.24, 2.45) is 5.73 Å². The minimum atomic E-state index is -0.515. The number of hydrogen-bond donors (Lipinski definition) is 2. The molecular formula is C16H26N6O3. The number of amides is 2. The van der Waals surface area contributed by atoms with Gasteiger partial charge in [0.15, 0.2) is 0 Å². The van der Waals surface area contributed by atoms with Crippen LogP contribution in [-0.2, 0) is 20.9 Å². The molecule has 2 aliphatic heterocycles. The van der Waals surface area contributed by atoms with Gasteiger partial charge in [-0.2, -0.15) is 0 Å². The average Bonchev–Trinajstić information content (AvgIpc) is 3.17. The zero-order chi connectivity index (χ0) is 17.6. The number of ether oxygens (including phenoxy) is 1. The highest BCUT2D eigenvalue weighted by Crippen LogP contribution is 2.19. The molecule has 9 nitrogen and oxygen atoms in total. The molecule has 2 fully saturated rings. The molecule has 0 aliphatic carbocycles. The number of anilines is 1. The Bertz CT molecular complexity index is 596. The number of hydrogen-bond acceptors (Lipinski definition) is 6. The highest BCUT2D eigenvalue weighted by atomic mass is 16.5. The summed E-state index contributed by atoms with van der Waals surface area (Å²) in [6.07, 6.45) is 6.76. The third-order valence-corrected chi connectivity index (χ3v) is 4.69. The van der Waals surface area contributed by atoms with Crippen LogP contribution in [0.15, 0.2) is 6.33 Å². The van der Waals surface area contributed by atoms with E-state index in [4.69, 9.17) is 10.5 Å². The van der Waals surface area contributed by atoms with Crippen LogP contribution in [0.4, 0.5) is 5.95 Å². The van der Waals surface area contributed by atoms with Crippen molar-refractivity contribution < 1.29 is 14.3 Å². The molecule has 0 saturated carbocycles. The van der Waals surface area contributed by atoms with E-state index in [-0.39, 0.29) is 30.4 Å². The maximum Gasteiger partial charge on any atom is 0.255 e. The van der Waals surface area contributed by atoms with Crippen molar-refractivity contribution in [2.75, 3.05) is 25.0 Å². The van der Waals surface area contributed by atoms with Gasteiger partial charge in [-0.05, 0) is 25.7 Å². The number of nitrogens with one attached hydrogen (secondary N) is 1. The maximum absolute atomic E-state index is 12.3. The second kappa shape index (κ2) is 8.39. The third kappa shape index (κ3) is 4.76. The van der Waals surface area contributed by atoms with Crippen molar-refractivity contribution >= 4 is 17.8 Å². The minimum Gasteiger partial charge on any atom is -0.364 e. The van der Waals surface area contributed by atoms with Gasteiger partial charge < -0.3 is 15.4 Å². The van der Waals surface area contributed by atoms with Gasteiger partial charge in [-0.25, -0.2) is 9.67 Å². The van der Waals surface area contributed by atoms with E-state index in [9.17, 15) is 9.59 Å². The Kier molecular flexibility index (Phi) is 5.98. The Morgan fingerprint density at radius 2 is 2.00 bits per heavy atom. The predicted octanol–water partition coefficient (Wildman–Crippen LogP) is 0.125. The summed E-state index contributed by atoms with van der Waals surface area (Å²) in [5, 5.41) is 6.80. The van der Waals surface area contributed by atoms with Gasteiger partial charge in [0.1, 0.15) is 19.0 Å². The SMILES string of the molecule is NC[C@H]1CC[C@@H](C(=O)Nc2ncn(CC(=O)N3CCCCCC3)n2)O1. The van der Waals surface area contributed by atoms with Crippen LogP contribution in [0.3, 0.4) is 0 Å². The number of aromatic nitrogens is 3. The van der Waals surface area contributed by atoms with E-state index in [2.05, 4.69) is 15.4 Å². The fourth-order valence-electron chi connectivity index (χ4n) is 3.25. The molecule has 3 heterocycles. The summed E-state index contributed by atoms with van der Waals surface area (Å²) >= 11 is 0. The van der Waals surface area contributed by atoms with Gasteiger partial charge in [0.05, 0.1) is 6.10 Å². The zero-order valence-corrected chi connectivity index (χ0v) is 14.4. The molecule has 0 aromatic carbocycles. The first kappa shape index (κ1) is 17.8. The molecule has 138 valence electrons. The van der Waals surface area contributed by atoms with Gasteiger partial charge in [-0.15, -0.1) is 5.10 Å². The summed E-state index contributed by atoms with van der Waals surface area (Å²) in [6.45, 7) is 2.16. The van der Waals surface area contributed by atoms with E-state index in [1.165, 1.54) is 23.9 Å². The maximum atomic E-state index is 12.3. The largest absolute Gasteiger partial charge is 0.364 e. The summed E-state index contributed by atoms with van der Waals surface area (Å²) < 4.78 is 7.01. The summed E-state index contributed by atoms with van der Waals surface area (Å²) in [7, 11) is 0. The molecule has 0 unspecified atom stereocenters. The van der Waals surface area contributed by atoms with E-state index in [0.29, 0.717) is 13.0 Å². The van der Waals surface area contributed by atoms with Crippen LogP contribution in [-0.4, -0.2) is 63.3 Å². The van der Waals surface area contributed by atoms with E-state index >= 15 is 0 Å². The summed E-state index contributed by atoms with van der Waals surface area (Å²) in [6, 6.07) is 0. The van der Waals surface area contributed by atoms with Crippen molar-refractivity contribution in [3.8, 4) is 0 Å². The summed E-state index contributed by atoms with van der Waals surface area (Å²) in [5.41, 5.74) is 5.55. The minimum absolute atomic E-state index is 0.0367. The fourth-order valence-corrected chi connectivity index (χ4v) is 3.25. The van der Waals surface area contributed by atoms with E-state index in [1.807, 2.05) is 4.90 Å². The van der Waals surface area contributed by atoms with Crippen LogP contribution in [0.2, 0.25) is 0 Å². The molecule has 1 aromatic heterocycles. The monoisotopic (exact) mass is 350 g/mol. The Labute approximate surface area is 146 Å². The lowest BCUT2D eigenvalue weighted by atomic mass is 10.2. The molecule has 2 saturated heterocycles. The highest BCUT2D eigenvalue weighted by Gasteiger charge is 2.30.